The molecule has 4 rings (SSSR count). The molecule has 1 amide bonds. The normalized spacial score (nSPS) is 19.7. The Labute approximate surface area is 144 Å². The Morgan fingerprint density at radius 3 is 2.84 bits per heavy atom. The third-order valence-electron chi connectivity index (χ3n) is 5.17. The predicted molar refractivity (Wildman–Crippen MR) is 89.7 cm³/mol. The number of aromatic amines is 1. The van der Waals surface area contributed by atoms with E-state index in [9.17, 15) is 14.7 Å². The van der Waals surface area contributed by atoms with Crippen molar-refractivity contribution in [3.63, 3.8) is 0 Å². The molecule has 1 aliphatic heterocycles. The maximum absolute atomic E-state index is 12.1. The number of fused-ring (bicyclic) bond motifs is 1. The Hall–Kier alpha value is -2.83. The highest BCUT2D eigenvalue weighted by Gasteiger charge is 2.35. The number of methoxy groups -OCH3 is 1. The molecule has 0 saturated heterocycles. The van der Waals surface area contributed by atoms with E-state index < -0.39 is 5.97 Å². The number of hydrogen-bond donors (Lipinski definition) is 3. The van der Waals surface area contributed by atoms with Crippen molar-refractivity contribution in [1.29, 1.82) is 0 Å². The van der Waals surface area contributed by atoms with E-state index in [0.29, 0.717) is 11.7 Å². The Bertz CT molecular complexity index is 854. The zero-order valence-electron chi connectivity index (χ0n) is 13.8. The molecule has 130 valence electrons. The van der Waals surface area contributed by atoms with E-state index in [0.717, 1.165) is 29.7 Å². The van der Waals surface area contributed by atoms with Gasteiger partial charge >= 0.3 is 5.97 Å². The molecule has 0 bridgehead atoms. The van der Waals surface area contributed by atoms with Gasteiger partial charge in [0, 0.05) is 29.5 Å². The SMILES string of the molecule is COC(=O)c1cc([C@@H]2CC(=O)Nc3n[nH]c(C4CCC4)c32)ccc1O. The molecule has 0 spiro atoms. The molecule has 0 radical (unpaired) electrons. The fraction of sp³-hybridized carbons (Fsp3) is 0.389. The Kier molecular flexibility index (Phi) is 3.71. The van der Waals surface area contributed by atoms with Crippen LogP contribution in [-0.4, -0.2) is 34.3 Å². The zero-order valence-corrected chi connectivity index (χ0v) is 13.8. The molecule has 1 atom stereocenters. The number of aromatic hydroxyl groups is 1. The lowest BCUT2D eigenvalue weighted by atomic mass is 9.76. The predicted octanol–water partition coefficient (Wildman–Crippen LogP) is 2.64. The van der Waals surface area contributed by atoms with Crippen LogP contribution in [0.25, 0.3) is 0 Å². The van der Waals surface area contributed by atoms with Crippen LogP contribution in [0, 0.1) is 0 Å². The molecular weight excluding hydrogens is 322 g/mol. The minimum Gasteiger partial charge on any atom is -0.507 e. The number of phenols is 1. The molecule has 25 heavy (non-hydrogen) atoms. The molecule has 1 aliphatic carbocycles. The highest BCUT2D eigenvalue weighted by Crippen LogP contribution is 2.45. The summed E-state index contributed by atoms with van der Waals surface area (Å²) in [4.78, 5) is 24.0. The first-order chi connectivity index (χ1) is 12.1. The van der Waals surface area contributed by atoms with Gasteiger partial charge in [-0.1, -0.05) is 12.5 Å². The first kappa shape index (κ1) is 15.7. The first-order valence-corrected chi connectivity index (χ1v) is 8.37. The van der Waals surface area contributed by atoms with Crippen molar-refractivity contribution >= 4 is 17.7 Å². The number of nitrogens with zero attached hydrogens (tertiary/aromatic N) is 1. The lowest BCUT2D eigenvalue weighted by Gasteiger charge is -2.29. The van der Waals surface area contributed by atoms with Crippen molar-refractivity contribution in [2.24, 2.45) is 0 Å². The lowest BCUT2D eigenvalue weighted by Crippen LogP contribution is -2.25. The largest absolute Gasteiger partial charge is 0.507 e. The summed E-state index contributed by atoms with van der Waals surface area (Å²) in [7, 11) is 1.27. The van der Waals surface area contributed by atoms with E-state index in [1.54, 1.807) is 12.1 Å². The van der Waals surface area contributed by atoms with Crippen LogP contribution in [0.1, 0.15) is 64.7 Å². The average molecular weight is 341 g/mol. The molecule has 0 unspecified atom stereocenters. The van der Waals surface area contributed by atoms with Gasteiger partial charge in [0.25, 0.3) is 0 Å². The quantitative estimate of drug-likeness (QED) is 0.745. The van der Waals surface area contributed by atoms with E-state index >= 15 is 0 Å². The number of H-pyrrole nitrogens is 1. The van der Waals surface area contributed by atoms with Gasteiger partial charge in [0.2, 0.25) is 5.91 Å². The number of ether oxygens (including phenoxy) is 1. The maximum Gasteiger partial charge on any atom is 0.341 e. The monoisotopic (exact) mass is 341 g/mol. The third kappa shape index (κ3) is 2.56. The topological polar surface area (TPSA) is 104 Å². The van der Waals surface area contributed by atoms with Crippen LogP contribution in [0.2, 0.25) is 0 Å². The minimum atomic E-state index is -0.605. The molecule has 1 saturated carbocycles. The Morgan fingerprint density at radius 2 is 2.16 bits per heavy atom. The van der Waals surface area contributed by atoms with Crippen molar-refractivity contribution in [3.8, 4) is 5.75 Å². The van der Waals surface area contributed by atoms with E-state index in [1.807, 2.05) is 0 Å². The zero-order chi connectivity index (χ0) is 17.6. The van der Waals surface area contributed by atoms with Crippen LogP contribution in [0.4, 0.5) is 5.82 Å². The maximum atomic E-state index is 12.1. The number of amides is 1. The van der Waals surface area contributed by atoms with Gasteiger partial charge in [-0.3, -0.25) is 9.89 Å². The second kappa shape index (κ2) is 5.91. The number of carbonyl (C=O) groups excluding carboxylic acids is 2. The average Bonchev–Trinajstić information content (AvgIpc) is 2.95. The standard InChI is InChI=1S/C18H19N3O4/c1-25-18(24)12-7-10(5-6-13(12)22)11-8-14(23)19-17-15(11)16(20-21-17)9-3-2-4-9/h5-7,9,11,22H,2-4,8H2,1H3,(H2,19,20,21,23)/t11-/m0/s1. The summed E-state index contributed by atoms with van der Waals surface area (Å²) < 4.78 is 4.73. The minimum absolute atomic E-state index is 0.0984. The van der Waals surface area contributed by atoms with Crippen molar-refractivity contribution < 1.29 is 19.4 Å². The molecule has 3 N–H and O–H groups in total. The van der Waals surface area contributed by atoms with Crippen molar-refractivity contribution in [3.05, 3.63) is 40.6 Å². The van der Waals surface area contributed by atoms with Crippen LogP contribution in [0.5, 0.6) is 5.75 Å². The summed E-state index contributed by atoms with van der Waals surface area (Å²) in [5, 5.41) is 20.1. The summed E-state index contributed by atoms with van der Waals surface area (Å²) in [6.07, 6.45) is 3.69. The molecule has 1 aromatic heterocycles. The van der Waals surface area contributed by atoms with E-state index in [4.69, 9.17) is 4.74 Å². The summed E-state index contributed by atoms with van der Waals surface area (Å²) in [6.45, 7) is 0. The highest BCUT2D eigenvalue weighted by atomic mass is 16.5. The van der Waals surface area contributed by atoms with Gasteiger partial charge in [-0.05, 0) is 30.5 Å². The number of benzene rings is 1. The van der Waals surface area contributed by atoms with E-state index in [-0.39, 0.29) is 29.6 Å². The number of phenolic OH excluding ortho intramolecular Hbond substituents is 1. The number of esters is 1. The number of nitrogens with one attached hydrogen (secondary N) is 2. The number of anilines is 1. The van der Waals surface area contributed by atoms with Gasteiger partial charge in [0.05, 0.1) is 7.11 Å². The van der Waals surface area contributed by atoms with Gasteiger partial charge in [-0.25, -0.2) is 4.79 Å². The first-order valence-electron chi connectivity index (χ1n) is 8.37. The van der Waals surface area contributed by atoms with Crippen molar-refractivity contribution in [1.82, 2.24) is 10.2 Å². The summed E-state index contributed by atoms with van der Waals surface area (Å²) in [5.74, 6) is -0.0607. The molecule has 2 aromatic rings. The molecule has 2 heterocycles. The van der Waals surface area contributed by atoms with Crippen molar-refractivity contribution in [2.75, 3.05) is 12.4 Å². The van der Waals surface area contributed by atoms with Gasteiger partial charge in [0.1, 0.15) is 11.3 Å². The Morgan fingerprint density at radius 1 is 1.36 bits per heavy atom. The number of hydrogen-bond acceptors (Lipinski definition) is 5. The molecule has 2 aliphatic rings. The van der Waals surface area contributed by atoms with E-state index in [1.165, 1.54) is 19.6 Å². The third-order valence-corrected chi connectivity index (χ3v) is 5.17. The van der Waals surface area contributed by atoms with Crippen molar-refractivity contribution in [2.45, 2.75) is 37.5 Å². The Balaban J connectivity index is 1.80. The highest BCUT2D eigenvalue weighted by molar-refractivity contribution is 5.95. The fourth-order valence-corrected chi connectivity index (χ4v) is 3.62. The van der Waals surface area contributed by atoms with Gasteiger partial charge in [-0.2, -0.15) is 5.10 Å². The summed E-state index contributed by atoms with van der Waals surface area (Å²) >= 11 is 0. The molecule has 7 heteroatoms. The number of aromatic nitrogens is 2. The van der Waals surface area contributed by atoms with Crippen LogP contribution in [0.15, 0.2) is 18.2 Å². The van der Waals surface area contributed by atoms with Crippen LogP contribution >= 0.6 is 0 Å². The smallest absolute Gasteiger partial charge is 0.341 e. The van der Waals surface area contributed by atoms with Crippen LogP contribution < -0.4 is 5.32 Å². The molecule has 1 fully saturated rings. The van der Waals surface area contributed by atoms with Crippen LogP contribution in [-0.2, 0) is 9.53 Å². The van der Waals surface area contributed by atoms with Gasteiger partial charge in [0.15, 0.2) is 5.82 Å². The van der Waals surface area contributed by atoms with Gasteiger partial charge < -0.3 is 15.2 Å². The molecule has 7 nitrogen and oxygen atoms in total. The summed E-state index contributed by atoms with van der Waals surface area (Å²) in [6, 6.07) is 4.81. The van der Waals surface area contributed by atoms with E-state index in [2.05, 4.69) is 15.5 Å². The van der Waals surface area contributed by atoms with Crippen LogP contribution in [0.3, 0.4) is 0 Å². The summed E-state index contributed by atoms with van der Waals surface area (Å²) in [5.41, 5.74) is 2.95. The number of rotatable bonds is 3. The number of carbonyl (C=O) groups is 2. The lowest BCUT2D eigenvalue weighted by molar-refractivity contribution is -0.116. The second-order valence-electron chi connectivity index (χ2n) is 6.60. The second-order valence-corrected chi connectivity index (χ2v) is 6.60. The molecular formula is C18H19N3O4. The molecule has 1 aromatic carbocycles. The fourth-order valence-electron chi connectivity index (χ4n) is 3.62. The van der Waals surface area contributed by atoms with Gasteiger partial charge in [-0.15, -0.1) is 0 Å².